The van der Waals surface area contributed by atoms with Crippen LogP contribution in [0.4, 0.5) is 5.69 Å². The number of rotatable bonds is 7. The Morgan fingerprint density at radius 1 is 1.04 bits per heavy atom. The van der Waals surface area contributed by atoms with Crippen LogP contribution in [0, 0.1) is 0 Å². The third-order valence-electron chi connectivity index (χ3n) is 3.19. The van der Waals surface area contributed by atoms with Gasteiger partial charge in [0.2, 0.25) is 5.91 Å². The molecule has 0 atom stereocenters. The van der Waals surface area contributed by atoms with Gasteiger partial charge in [-0.1, -0.05) is 12.1 Å². The summed E-state index contributed by atoms with van der Waals surface area (Å²) in [5, 5.41) is 2.66. The molecule has 6 nitrogen and oxygen atoms in total. The molecule has 2 aromatic carbocycles. The Morgan fingerprint density at radius 2 is 1.67 bits per heavy atom. The summed E-state index contributed by atoms with van der Waals surface area (Å²) in [5.41, 5.74) is 1.28. The molecule has 0 aliphatic carbocycles. The van der Waals surface area contributed by atoms with Gasteiger partial charge in [0.25, 0.3) is 10.0 Å². The number of hydrogen-bond acceptors (Lipinski definition) is 4. The first-order valence-electron chi connectivity index (χ1n) is 7.50. The second-order valence-electron chi connectivity index (χ2n) is 5.12. The van der Waals surface area contributed by atoms with E-state index in [1.165, 1.54) is 19.1 Å². The van der Waals surface area contributed by atoms with Crippen LogP contribution in [0.2, 0.25) is 0 Å². The summed E-state index contributed by atoms with van der Waals surface area (Å²) < 4.78 is 32.6. The Labute approximate surface area is 141 Å². The highest BCUT2D eigenvalue weighted by molar-refractivity contribution is 7.92. The molecular formula is C17H20N2O4S. The molecule has 7 heteroatoms. The maximum atomic E-state index is 12.4. The Kier molecular flexibility index (Phi) is 5.81. The average molecular weight is 348 g/mol. The van der Waals surface area contributed by atoms with Crippen LogP contribution in [0.25, 0.3) is 0 Å². The topological polar surface area (TPSA) is 84.5 Å². The predicted molar refractivity (Wildman–Crippen MR) is 92.4 cm³/mol. The second kappa shape index (κ2) is 7.83. The van der Waals surface area contributed by atoms with Gasteiger partial charge in [-0.2, -0.15) is 0 Å². The summed E-state index contributed by atoms with van der Waals surface area (Å²) >= 11 is 0. The molecule has 2 rings (SSSR count). The molecule has 0 aromatic heterocycles. The van der Waals surface area contributed by atoms with Crippen molar-refractivity contribution in [3.8, 4) is 5.75 Å². The van der Waals surface area contributed by atoms with E-state index in [0.29, 0.717) is 24.6 Å². The Bertz CT molecular complexity index is 784. The molecule has 24 heavy (non-hydrogen) atoms. The Balaban J connectivity index is 2.07. The summed E-state index contributed by atoms with van der Waals surface area (Å²) in [5.74, 6) is 0.548. The largest absolute Gasteiger partial charge is 0.494 e. The van der Waals surface area contributed by atoms with E-state index in [0.717, 1.165) is 5.56 Å². The minimum absolute atomic E-state index is 0.135. The molecule has 0 saturated heterocycles. The fourth-order valence-corrected chi connectivity index (χ4v) is 3.07. The van der Waals surface area contributed by atoms with E-state index in [9.17, 15) is 13.2 Å². The first-order valence-corrected chi connectivity index (χ1v) is 8.98. The minimum atomic E-state index is -3.66. The van der Waals surface area contributed by atoms with E-state index < -0.39 is 10.0 Å². The van der Waals surface area contributed by atoms with Gasteiger partial charge < -0.3 is 10.1 Å². The van der Waals surface area contributed by atoms with Gasteiger partial charge in [0, 0.05) is 19.2 Å². The van der Waals surface area contributed by atoms with Gasteiger partial charge in [-0.15, -0.1) is 0 Å². The summed E-state index contributed by atoms with van der Waals surface area (Å²) in [6.07, 6.45) is 0. The summed E-state index contributed by atoms with van der Waals surface area (Å²) in [6.45, 7) is 4.23. The highest BCUT2D eigenvalue weighted by Gasteiger charge is 2.14. The fraction of sp³-hybridized carbons (Fsp3) is 0.235. The van der Waals surface area contributed by atoms with Crippen molar-refractivity contribution in [1.82, 2.24) is 5.32 Å². The molecule has 0 aliphatic rings. The predicted octanol–water partition coefficient (Wildman–Crippen LogP) is 2.52. The Hall–Kier alpha value is -2.54. The maximum absolute atomic E-state index is 12.4. The quantitative estimate of drug-likeness (QED) is 0.805. The molecule has 128 valence electrons. The average Bonchev–Trinajstić information content (AvgIpc) is 2.55. The van der Waals surface area contributed by atoms with Crippen molar-refractivity contribution in [1.29, 1.82) is 0 Å². The number of sulfonamides is 1. The maximum Gasteiger partial charge on any atom is 0.261 e. The zero-order valence-corrected chi connectivity index (χ0v) is 14.4. The molecule has 0 bridgehead atoms. The number of carbonyl (C=O) groups excluding carboxylic acids is 1. The van der Waals surface area contributed by atoms with Gasteiger partial charge >= 0.3 is 0 Å². The van der Waals surface area contributed by atoms with Gasteiger partial charge in [0.05, 0.1) is 11.5 Å². The van der Waals surface area contributed by atoms with Crippen LogP contribution in [0.5, 0.6) is 5.75 Å². The molecule has 2 N–H and O–H groups in total. The first-order chi connectivity index (χ1) is 11.4. The molecule has 0 aliphatic heterocycles. The number of amides is 1. The molecule has 0 unspecified atom stereocenters. The van der Waals surface area contributed by atoms with Crippen LogP contribution >= 0.6 is 0 Å². The summed E-state index contributed by atoms with van der Waals surface area (Å²) in [7, 11) is -3.66. The standard InChI is InChI=1S/C17H20N2O4S/c1-3-23-16-8-6-15(7-9-16)19-24(21,22)17-10-4-14(5-11-17)12-18-13(2)20/h4-11,19H,3,12H2,1-2H3,(H,18,20). The molecule has 1 amide bonds. The fourth-order valence-electron chi connectivity index (χ4n) is 2.01. The van der Waals surface area contributed by atoms with Gasteiger partial charge in [-0.05, 0) is 48.9 Å². The van der Waals surface area contributed by atoms with Crippen LogP contribution in [0.1, 0.15) is 19.4 Å². The van der Waals surface area contributed by atoms with Crippen molar-refractivity contribution in [3.63, 3.8) is 0 Å². The van der Waals surface area contributed by atoms with Gasteiger partial charge in [-0.25, -0.2) is 8.42 Å². The van der Waals surface area contributed by atoms with E-state index in [1.54, 1.807) is 36.4 Å². The highest BCUT2D eigenvalue weighted by atomic mass is 32.2. The van der Waals surface area contributed by atoms with Crippen molar-refractivity contribution in [2.45, 2.75) is 25.3 Å². The number of nitrogens with one attached hydrogen (secondary N) is 2. The van der Waals surface area contributed by atoms with Crippen LogP contribution in [-0.2, 0) is 21.4 Å². The molecule has 2 aromatic rings. The van der Waals surface area contributed by atoms with Gasteiger partial charge in [-0.3, -0.25) is 9.52 Å². The molecule has 0 fully saturated rings. The molecule has 0 heterocycles. The number of benzene rings is 2. The van der Waals surface area contributed by atoms with Crippen LogP contribution < -0.4 is 14.8 Å². The van der Waals surface area contributed by atoms with E-state index in [1.807, 2.05) is 6.92 Å². The van der Waals surface area contributed by atoms with Crippen LogP contribution in [0.15, 0.2) is 53.4 Å². The lowest BCUT2D eigenvalue weighted by Gasteiger charge is -2.10. The van der Waals surface area contributed by atoms with Crippen molar-refractivity contribution < 1.29 is 17.9 Å². The van der Waals surface area contributed by atoms with E-state index in [2.05, 4.69) is 10.0 Å². The zero-order valence-electron chi connectivity index (χ0n) is 13.6. The monoisotopic (exact) mass is 348 g/mol. The SMILES string of the molecule is CCOc1ccc(NS(=O)(=O)c2ccc(CNC(C)=O)cc2)cc1. The molecule has 0 saturated carbocycles. The van der Waals surface area contributed by atoms with E-state index in [4.69, 9.17) is 4.74 Å². The van der Waals surface area contributed by atoms with Crippen LogP contribution in [0.3, 0.4) is 0 Å². The molecule has 0 spiro atoms. The smallest absolute Gasteiger partial charge is 0.261 e. The number of hydrogen-bond donors (Lipinski definition) is 2. The first kappa shape index (κ1) is 17.8. The van der Waals surface area contributed by atoms with Gasteiger partial charge in [0.15, 0.2) is 0 Å². The highest BCUT2D eigenvalue weighted by Crippen LogP contribution is 2.19. The lowest BCUT2D eigenvalue weighted by Crippen LogP contribution is -2.19. The summed E-state index contributed by atoms with van der Waals surface area (Å²) in [4.78, 5) is 11.0. The van der Waals surface area contributed by atoms with E-state index in [-0.39, 0.29) is 10.8 Å². The molecule has 0 radical (unpaired) electrons. The second-order valence-corrected chi connectivity index (χ2v) is 6.80. The number of anilines is 1. The number of carbonyl (C=O) groups is 1. The normalized spacial score (nSPS) is 10.9. The van der Waals surface area contributed by atoms with Crippen molar-refractivity contribution >= 4 is 21.6 Å². The lowest BCUT2D eigenvalue weighted by atomic mass is 10.2. The lowest BCUT2D eigenvalue weighted by molar-refractivity contribution is -0.119. The number of ether oxygens (including phenoxy) is 1. The summed E-state index contributed by atoms with van der Waals surface area (Å²) in [6, 6.07) is 13.1. The third kappa shape index (κ3) is 4.99. The third-order valence-corrected chi connectivity index (χ3v) is 4.59. The van der Waals surface area contributed by atoms with Crippen LogP contribution in [-0.4, -0.2) is 20.9 Å². The van der Waals surface area contributed by atoms with Crippen molar-refractivity contribution in [2.75, 3.05) is 11.3 Å². The van der Waals surface area contributed by atoms with Crippen molar-refractivity contribution in [3.05, 3.63) is 54.1 Å². The Morgan fingerprint density at radius 3 is 2.21 bits per heavy atom. The molecular weight excluding hydrogens is 328 g/mol. The van der Waals surface area contributed by atoms with E-state index >= 15 is 0 Å². The zero-order chi connectivity index (χ0) is 17.6. The minimum Gasteiger partial charge on any atom is -0.494 e. The van der Waals surface area contributed by atoms with Gasteiger partial charge in [0.1, 0.15) is 5.75 Å². The van der Waals surface area contributed by atoms with Crippen molar-refractivity contribution in [2.24, 2.45) is 0 Å².